The van der Waals surface area contributed by atoms with Crippen LogP contribution in [0.4, 0.5) is 5.69 Å². The molecule has 0 spiro atoms. The smallest absolute Gasteiger partial charge is 0.239 e. The van der Waals surface area contributed by atoms with Crippen LogP contribution in [0, 0.1) is 5.92 Å². The molecule has 1 aromatic carbocycles. The summed E-state index contributed by atoms with van der Waals surface area (Å²) >= 11 is 0. The topological polar surface area (TPSA) is 99.5 Å². The molecule has 4 unspecified atom stereocenters. The number of hydrogen-bond donors (Lipinski definition) is 4. The minimum Gasteiger partial charge on any atom is -0.380 e. The maximum absolute atomic E-state index is 13.2. The zero-order valence-corrected chi connectivity index (χ0v) is 16.3. The standard InChI is InChI=1S/C21H31N5O2/c22-8-4-9-23-20(27)14-5-3-10-26(13-14)21(28)18-11-16-15-6-1-2-7-17(15)25-19(16)12-24-18/h1-2,6-7,14,16,18-19,24-25H,3-5,8-13,22H2,(H,23,27). The van der Waals surface area contributed by atoms with Crippen molar-refractivity contribution in [2.75, 3.05) is 38.0 Å². The Morgan fingerprint density at radius 3 is 3.00 bits per heavy atom. The molecule has 7 nitrogen and oxygen atoms in total. The third-order valence-corrected chi connectivity index (χ3v) is 6.34. The van der Waals surface area contributed by atoms with Gasteiger partial charge >= 0.3 is 0 Å². The summed E-state index contributed by atoms with van der Waals surface area (Å²) in [6.07, 6.45) is 3.31. The van der Waals surface area contributed by atoms with E-state index >= 15 is 0 Å². The van der Waals surface area contributed by atoms with E-state index in [1.807, 2.05) is 11.0 Å². The van der Waals surface area contributed by atoms with Gasteiger partial charge < -0.3 is 26.6 Å². The van der Waals surface area contributed by atoms with E-state index in [0.717, 1.165) is 38.8 Å². The molecule has 2 saturated heterocycles. The first kappa shape index (κ1) is 19.2. The van der Waals surface area contributed by atoms with Crippen LogP contribution in [0.1, 0.15) is 37.2 Å². The van der Waals surface area contributed by atoms with Crippen LogP contribution in [-0.4, -0.2) is 61.5 Å². The monoisotopic (exact) mass is 385 g/mol. The third kappa shape index (κ3) is 3.86. The number of para-hydroxylation sites is 1. The van der Waals surface area contributed by atoms with Crippen LogP contribution >= 0.6 is 0 Å². The first-order valence-electron chi connectivity index (χ1n) is 10.5. The molecule has 3 aliphatic rings. The second-order valence-electron chi connectivity index (χ2n) is 8.20. The molecule has 1 aromatic rings. The highest BCUT2D eigenvalue weighted by Crippen LogP contribution is 2.40. The molecule has 7 heteroatoms. The minimum atomic E-state index is -0.173. The van der Waals surface area contributed by atoms with Crippen LogP contribution in [0.25, 0.3) is 0 Å². The van der Waals surface area contributed by atoms with Gasteiger partial charge in [-0.3, -0.25) is 9.59 Å². The number of carbonyl (C=O) groups is 2. The van der Waals surface area contributed by atoms with Crippen LogP contribution in [0.3, 0.4) is 0 Å². The van der Waals surface area contributed by atoms with Gasteiger partial charge in [0.05, 0.1) is 12.0 Å². The van der Waals surface area contributed by atoms with Gasteiger partial charge in [-0.25, -0.2) is 0 Å². The van der Waals surface area contributed by atoms with Crippen LogP contribution in [0.5, 0.6) is 0 Å². The fourth-order valence-corrected chi connectivity index (χ4v) is 4.82. The lowest BCUT2D eigenvalue weighted by atomic mass is 9.84. The molecule has 0 aromatic heterocycles. The number of anilines is 1. The number of benzene rings is 1. The van der Waals surface area contributed by atoms with Crippen LogP contribution in [0.15, 0.2) is 24.3 Å². The van der Waals surface area contributed by atoms with E-state index in [4.69, 9.17) is 5.73 Å². The average molecular weight is 386 g/mol. The Bertz CT molecular complexity index is 725. The van der Waals surface area contributed by atoms with Gasteiger partial charge in [0.1, 0.15) is 0 Å². The lowest BCUT2D eigenvalue weighted by Crippen LogP contribution is -2.56. The predicted molar refractivity (Wildman–Crippen MR) is 109 cm³/mol. The van der Waals surface area contributed by atoms with Crippen molar-refractivity contribution >= 4 is 17.5 Å². The third-order valence-electron chi connectivity index (χ3n) is 6.34. The van der Waals surface area contributed by atoms with E-state index in [1.54, 1.807) is 0 Å². The van der Waals surface area contributed by atoms with E-state index in [1.165, 1.54) is 11.3 Å². The summed E-state index contributed by atoms with van der Waals surface area (Å²) < 4.78 is 0. The second kappa shape index (κ2) is 8.49. The first-order valence-corrected chi connectivity index (χ1v) is 10.5. The Hall–Kier alpha value is -2.12. The van der Waals surface area contributed by atoms with Crippen molar-refractivity contribution in [1.82, 2.24) is 15.5 Å². The molecule has 0 bridgehead atoms. The number of likely N-dealkylation sites (tertiary alicyclic amines) is 1. The SMILES string of the molecule is NCCCNC(=O)C1CCCN(C(=O)C2CC3c4ccccc4NC3CN2)C1. The summed E-state index contributed by atoms with van der Waals surface area (Å²) in [5, 5.41) is 9.97. The number of hydrogen-bond acceptors (Lipinski definition) is 5. The highest BCUT2D eigenvalue weighted by Gasteiger charge is 2.41. The van der Waals surface area contributed by atoms with Crippen molar-refractivity contribution in [3.8, 4) is 0 Å². The molecule has 4 atom stereocenters. The fourth-order valence-electron chi connectivity index (χ4n) is 4.82. The van der Waals surface area contributed by atoms with E-state index < -0.39 is 0 Å². The molecule has 152 valence electrons. The van der Waals surface area contributed by atoms with Gasteiger partial charge in [0, 0.05) is 43.8 Å². The summed E-state index contributed by atoms with van der Waals surface area (Å²) in [6.45, 7) is 3.23. The number of nitrogens with one attached hydrogen (secondary N) is 3. The number of carbonyl (C=O) groups excluding carboxylic acids is 2. The molecule has 0 saturated carbocycles. The van der Waals surface area contributed by atoms with Gasteiger partial charge in [0.2, 0.25) is 11.8 Å². The molecule has 5 N–H and O–H groups in total. The number of amides is 2. The largest absolute Gasteiger partial charge is 0.380 e. The van der Waals surface area contributed by atoms with Crippen LogP contribution in [-0.2, 0) is 9.59 Å². The highest BCUT2D eigenvalue weighted by atomic mass is 16.2. The van der Waals surface area contributed by atoms with Crippen LogP contribution < -0.4 is 21.7 Å². The highest BCUT2D eigenvalue weighted by molar-refractivity contribution is 5.84. The van der Waals surface area contributed by atoms with E-state index in [9.17, 15) is 9.59 Å². The molecular formula is C21H31N5O2. The van der Waals surface area contributed by atoms with Crippen molar-refractivity contribution in [2.45, 2.75) is 43.7 Å². The molecule has 2 fully saturated rings. The lowest BCUT2D eigenvalue weighted by molar-refractivity contribution is -0.138. The van der Waals surface area contributed by atoms with Crippen molar-refractivity contribution in [2.24, 2.45) is 11.7 Å². The van der Waals surface area contributed by atoms with Gasteiger partial charge in [0.25, 0.3) is 0 Å². The van der Waals surface area contributed by atoms with Gasteiger partial charge in [-0.1, -0.05) is 18.2 Å². The van der Waals surface area contributed by atoms with Crippen LogP contribution in [0.2, 0.25) is 0 Å². The summed E-state index contributed by atoms with van der Waals surface area (Å²) in [6, 6.07) is 8.58. The van der Waals surface area contributed by atoms with E-state index in [-0.39, 0.29) is 23.8 Å². The first-order chi connectivity index (χ1) is 13.7. The quantitative estimate of drug-likeness (QED) is 0.557. The number of nitrogens with zero attached hydrogens (tertiary/aromatic N) is 1. The molecule has 3 heterocycles. The number of nitrogens with two attached hydrogens (primary N) is 1. The van der Waals surface area contributed by atoms with Gasteiger partial charge in [-0.15, -0.1) is 0 Å². The summed E-state index contributed by atoms with van der Waals surface area (Å²) in [5.74, 6) is 0.450. The minimum absolute atomic E-state index is 0.0523. The van der Waals surface area contributed by atoms with Crippen molar-refractivity contribution in [3.05, 3.63) is 29.8 Å². The molecule has 0 radical (unpaired) electrons. The average Bonchev–Trinajstić information content (AvgIpc) is 3.11. The van der Waals surface area contributed by atoms with Crippen molar-refractivity contribution in [1.29, 1.82) is 0 Å². The Labute approximate surface area is 166 Å². The van der Waals surface area contributed by atoms with E-state index in [2.05, 4.69) is 34.1 Å². The van der Waals surface area contributed by atoms with Gasteiger partial charge in [0.15, 0.2) is 0 Å². The number of rotatable bonds is 5. The summed E-state index contributed by atoms with van der Waals surface area (Å²) in [7, 11) is 0. The molecule has 2 amide bonds. The Balaban J connectivity index is 1.36. The number of fused-ring (bicyclic) bond motifs is 3. The van der Waals surface area contributed by atoms with Crippen molar-refractivity contribution < 1.29 is 9.59 Å². The molecule has 0 aliphatic carbocycles. The zero-order chi connectivity index (χ0) is 19.5. The molecular weight excluding hydrogens is 354 g/mol. The Kier molecular flexibility index (Phi) is 5.82. The lowest BCUT2D eigenvalue weighted by Gasteiger charge is -2.38. The molecule has 3 aliphatic heterocycles. The summed E-state index contributed by atoms with van der Waals surface area (Å²) in [5.41, 5.74) is 8.00. The maximum atomic E-state index is 13.2. The summed E-state index contributed by atoms with van der Waals surface area (Å²) in [4.78, 5) is 27.5. The molecule has 28 heavy (non-hydrogen) atoms. The van der Waals surface area contributed by atoms with Gasteiger partial charge in [-0.05, 0) is 43.9 Å². The van der Waals surface area contributed by atoms with Gasteiger partial charge in [-0.2, -0.15) is 0 Å². The Morgan fingerprint density at radius 2 is 2.14 bits per heavy atom. The van der Waals surface area contributed by atoms with E-state index in [0.29, 0.717) is 31.6 Å². The van der Waals surface area contributed by atoms with Crippen molar-refractivity contribution in [3.63, 3.8) is 0 Å². The fraction of sp³-hybridized carbons (Fsp3) is 0.619. The second-order valence-corrected chi connectivity index (χ2v) is 8.20. The number of piperidine rings is 2. The Morgan fingerprint density at radius 1 is 1.29 bits per heavy atom. The zero-order valence-electron chi connectivity index (χ0n) is 16.3. The predicted octanol–water partition coefficient (Wildman–Crippen LogP) is 0.630. The normalized spacial score (nSPS) is 28.8. The maximum Gasteiger partial charge on any atom is 0.239 e. The molecule has 4 rings (SSSR count).